The maximum absolute atomic E-state index is 4.33. The number of hydrogen-bond donors (Lipinski definition) is 0. The van der Waals surface area contributed by atoms with E-state index in [2.05, 4.69) is 51.3 Å². The lowest BCUT2D eigenvalue weighted by Crippen LogP contribution is -2.51. The molecule has 18 heavy (non-hydrogen) atoms. The van der Waals surface area contributed by atoms with Crippen LogP contribution in [0.3, 0.4) is 0 Å². The van der Waals surface area contributed by atoms with Crippen LogP contribution in [0.15, 0.2) is 24.3 Å². The Labute approximate surface area is 107 Å². The van der Waals surface area contributed by atoms with Crippen molar-refractivity contribution in [1.82, 2.24) is 0 Å². The molecule has 1 aliphatic carbocycles. The molecule has 2 aromatic carbocycles. The molecule has 0 amide bonds. The topological polar surface area (TPSA) is 0 Å². The number of hydrogen-bond acceptors (Lipinski definition) is 0. The Morgan fingerprint density at radius 3 is 1.56 bits per heavy atom. The van der Waals surface area contributed by atoms with Gasteiger partial charge in [0, 0.05) is 0 Å². The molecule has 0 bridgehead atoms. The highest BCUT2D eigenvalue weighted by Gasteiger charge is 2.09. The minimum atomic E-state index is 1.15. The Bertz CT molecular complexity index is 792. The van der Waals surface area contributed by atoms with Crippen LogP contribution < -0.4 is 20.9 Å². The maximum atomic E-state index is 4.33. The molecule has 0 radical (unpaired) electrons. The summed E-state index contributed by atoms with van der Waals surface area (Å²) in [5, 5.41) is 7.53. The predicted molar refractivity (Wildman–Crippen MR) is 80.9 cm³/mol. The van der Waals surface area contributed by atoms with Crippen LogP contribution in [0.1, 0.15) is 26.7 Å². The second-order valence-corrected chi connectivity index (χ2v) is 5.31. The van der Waals surface area contributed by atoms with Gasteiger partial charge in [0.15, 0.2) is 0 Å². The molecular formula is C18H18. The Morgan fingerprint density at radius 1 is 0.778 bits per heavy atom. The summed E-state index contributed by atoms with van der Waals surface area (Å²) in [5.41, 5.74) is 2.91. The first-order chi connectivity index (χ1) is 8.61. The average Bonchev–Trinajstić information content (AvgIpc) is 2.38. The van der Waals surface area contributed by atoms with Crippen molar-refractivity contribution in [3.05, 3.63) is 45.1 Å². The second kappa shape index (κ2) is 3.84. The highest BCUT2D eigenvalue weighted by Crippen LogP contribution is 2.12. The van der Waals surface area contributed by atoms with Gasteiger partial charge >= 0.3 is 0 Å². The Hall–Kier alpha value is -1.82. The summed E-state index contributed by atoms with van der Waals surface area (Å²) < 4.78 is 0. The van der Waals surface area contributed by atoms with Crippen molar-refractivity contribution in [2.24, 2.45) is 0 Å². The van der Waals surface area contributed by atoms with Crippen LogP contribution in [0.25, 0.3) is 35.1 Å². The van der Waals surface area contributed by atoms with Crippen LogP contribution in [0.2, 0.25) is 0 Å². The molecule has 90 valence electrons. The molecule has 0 unspecified atom stereocenters. The number of fused-ring (bicyclic) bond motifs is 2. The molecule has 0 atom stereocenters. The van der Waals surface area contributed by atoms with Crippen LogP contribution in [-0.4, -0.2) is 0 Å². The van der Waals surface area contributed by atoms with E-state index in [1.54, 1.807) is 0 Å². The fourth-order valence-electron chi connectivity index (χ4n) is 3.15. The smallest absolute Gasteiger partial charge is 0.0105 e. The van der Waals surface area contributed by atoms with Gasteiger partial charge in [-0.2, -0.15) is 0 Å². The van der Waals surface area contributed by atoms with Crippen molar-refractivity contribution < 1.29 is 0 Å². The Kier molecular flexibility index (Phi) is 2.41. The minimum Gasteiger partial charge on any atom is -0.0905 e. The molecule has 0 heterocycles. The van der Waals surface area contributed by atoms with Crippen LogP contribution >= 0.6 is 0 Å². The van der Waals surface area contributed by atoms with Crippen LogP contribution in [0.5, 0.6) is 0 Å². The molecule has 2 aromatic rings. The summed E-state index contributed by atoms with van der Waals surface area (Å²) in [5.74, 6) is 0. The largest absolute Gasteiger partial charge is 0.0905 e. The second-order valence-electron chi connectivity index (χ2n) is 5.31. The standard InChI is InChI=1S/C18H18/c1-11-9-10-12(2)18-14(4)16-8-6-5-7-15(16)13(3)17(11)18/h5-8H,3-4,9-10H2,1-2H3. The molecular weight excluding hydrogens is 216 g/mol. The van der Waals surface area contributed by atoms with Gasteiger partial charge in [-0.1, -0.05) is 48.6 Å². The summed E-state index contributed by atoms with van der Waals surface area (Å²) in [6.45, 7) is 13.1. The van der Waals surface area contributed by atoms with Gasteiger partial charge < -0.3 is 0 Å². The van der Waals surface area contributed by atoms with Gasteiger partial charge in [-0.15, -0.1) is 0 Å². The first-order valence-electron chi connectivity index (χ1n) is 6.49. The van der Waals surface area contributed by atoms with E-state index in [0.29, 0.717) is 0 Å². The van der Waals surface area contributed by atoms with Gasteiger partial charge in [0.05, 0.1) is 0 Å². The van der Waals surface area contributed by atoms with Gasteiger partial charge in [-0.25, -0.2) is 0 Å². The van der Waals surface area contributed by atoms with E-state index < -0.39 is 0 Å². The summed E-state index contributed by atoms with van der Waals surface area (Å²) >= 11 is 0. The van der Waals surface area contributed by atoms with E-state index in [9.17, 15) is 0 Å². The van der Waals surface area contributed by atoms with Gasteiger partial charge in [-0.05, 0) is 58.3 Å². The first kappa shape index (κ1) is 11.3. The molecule has 3 rings (SSSR count). The van der Waals surface area contributed by atoms with Crippen molar-refractivity contribution in [3.63, 3.8) is 0 Å². The zero-order chi connectivity index (χ0) is 12.9. The molecule has 0 fully saturated rings. The molecule has 0 saturated heterocycles. The third-order valence-corrected chi connectivity index (χ3v) is 4.16. The van der Waals surface area contributed by atoms with Crippen molar-refractivity contribution in [2.45, 2.75) is 26.7 Å². The minimum absolute atomic E-state index is 1.15. The SMILES string of the molecule is C=c1c2c(c(=C)c3ccccc13)=C(C)CCC=2C. The van der Waals surface area contributed by atoms with E-state index in [0.717, 1.165) is 12.8 Å². The summed E-state index contributed by atoms with van der Waals surface area (Å²) in [6, 6.07) is 8.48. The zero-order valence-corrected chi connectivity index (χ0v) is 11.1. The number of benzene rings is 2. The summed E-state index contributed by atoms with van der Waals surface area (Å²) in [7, 11) is 0. The van der Waals surface area contributed by atoms with Crippen molar-refractivity contribution >= 4 is 35.1 Å². The Morgan fingerprint density at radius 2 is 1.17 bits per heavy atom. The lowest BCUT2D eigenvalue weighted by Gasteiger charge is -2.14. The van der Waals surface area contributed by atoms with E-state index in [-0.39, 0.29) is 0 Å². The first-order valence-corrected chi connectivity index (χ1v) is 6.49. The summed E-state index contributed by atoms with van der Waals surface area (Å²) in [4.78, 5) is 0. The molecule has 0 heteroatoms. The van der Waals surface area contributed by atoms with Crippen molar-refractivity contribution in [3.8, 4) is 0 Å². The van der Waals surface area contributed by atoms with Gasteiger partial charge in [0.25, 0.3) is 0 Å². The lowest BCUT2D eigenvalue weighted by molar-refractivity contribution is 1.02. The fraction of sp³-hybridized carbons (Fsp3) is 0.222. The maximum Gasteiger partial charge on any atom is -0.0105 e. The van der Waals surface area contributed by atoms with Gasteiger partial charge in [-0.3, -0.25) is 0 Å². The molecule has 0 saturated carbocycles. The van der Waals surface area contributed by atoms with E-state index in [1.165, 1.54) is 42.8 Å². The highest BCUT2D eigenvalue weighted by atomic mass is 14.1. The van der Waals surface area contributed by atoms with Gasteiger partial charge in [0.1, 0.15) is 0 Å². The third-order valence-electron chi connectivity index (χ3n) is 4.16. The van der Waals surface area contributed by atoms with Crippen LogP contribution in [-0.2, 0) is 0 Å². The molecule has 0 nitrogen and oxygen atoms in total. The van der Waals surface area contributed by atoms with E-state index >= 15 is 0 Å². The highest BCUT2D eigenvalue weighted by molar-refractivity contribution is 5.85. The predicted octanol–water partition coefficient (Wildman–Crippen LogP) is 1.80. The van der Waals surface area contributed by atoms with Gasteiger partial charge in [0.2, 0.25) is 0 Å². The Balaban J connectivity index is 2.84. The third kappa shape index (κ3) is 1.38. The lowest BCUT2D eigenvalue weighted by atomic mass is 9.91. The van der Waals surface area contributed by atoms with Crippen molar-refractivity contribution in [1.29, 1.82) is 0 Å². The molecule has 0 aromatic heterocycles. The van der Waals surface area contributed by atoms with Crippen LogP contribution in [0.4, 0.5) is 0 Å². The van der Waals surface area contributed by atoms with Crippen LogP contribution in [0, 0.1) is 0 Å². The van der Waals surface area contributed by atoms with Crippen molar-refractivity contribution in [2.75, 3.05) is 0 Å². The molecule has 1 aliphatic rings. The van der Waals surface area contributed by atoms with E-state index in [4.69, 9.17) is 0 Å². The molecule has 0 aliphatic heterocycles. The quantitative estimate of drug-likeness (QED) is 0.652. The average molecular weight is 234 g/mol. The van der Waals surface area contributed by atoms with E-state index in [1.807, 2.05) is 0 Å². The summed E-state index contributed by atoms with van der Waals surface area (Å²) in [6.07, 6.45) is 2.30. The molecule has 0 N–H and O–H groups in total. The zero-order valence-electron chi connectivity index (χ0n) is 11.1. The normalized spacial score (nSPS) is 15.0. The fourth-order valence-corrected chi connectivity index (χ4v) is 3.15. The monoisotopic (exact) mass is 234 g/mol. The number of rotatable bonds is 0. The molecule has 0 spiro atoms.